The summed E-state index contributed by atoms with van der Waals surface area (Å²) in [5.74, 6) is 0.661. The first kappa shape index (κ1) is 16.3. The fraction of sp³-hybridized carbons (Fsp3) is 0.833. The van der Waals surface area contributed by atoms with Gasteiger partial charge in [0.15, 0.2) is 0 Å². The van der Waals surface area contributed by atoms with E-state index in [2.05, 4.69) is 26.1 Å². The molecule has 3 N–H and O–H groups in total. The third-order valence-corrected chi connectivity index (χ3v) is 2.46. The molecule has 17 heavy (non-hydrogen) atoms. The molecule has 4 nitrogen and oxygen atoms in total. The Kier molecular flexibility index (Phi) is 8.99. The standard InChI is InChI=1S/C12H25N3OS/c1-4-7-15(8-11(13)17)9-12(16)14-6-5-10(2)3/h10H,4-9H2,1-3H3,(H2,13,17)(H,14,16). The normalized spacial score (nSPS) is 10.9. The number of hydrogen-bond donors (Lipinski definition) is 2. The van der Waals surface area contributed by atoms with E-state index < -0.39 is 0 Å². The van der Waals surface area contributed by atoms with Gasteiger partial charge in [0.05, 0.1) is 11.5 Å². The largest absolute Gasteiger partial charge is 0.392 e. The van der Waals surface area contributed by atoms with Crippen LogP contribution >= 0.6 is 12.2 Å². The molecule has 0 aliphatic carbocycles. The SMILES string of the molecule is CCCN(CC(=O)NCCC(C)C)CC(N)=S. The van der Waals surface area contributed by atoms with Gasteiger partial charge in [-0.15, -0.1) is 0 Å². The second kappa shape index (κ2) is 9.36. The summed E-state index contributed by atoms with van der Waals surface area (Å²) in [7, 11) is 0. The Hall–Kier alpha value is -0.680. The smallest absolute Gasteiger partial charge is 0.234 e. The van der Waals surface area contributed by atoms with Crippen molar-refractivity contribution in [2.45, 2.75) is 33.6 Å². The van der Waals surface area contributed by atoms with Crippen LogP contribution in [0.1, 0.15) is 33.6 Å². The highest BCUT2D eigenvalue weighted by Gasteiger charge is 2.10. The van der Waals surface area contributed by atoms with Crippen molar-refractivity contribution >= 4 is 23.1 Å². The molecule has 0 saturated carbocycles. The lowest BCUT2D eigenvalue weighted by molar-refractivity contribution is -0.122. The Labute approximate surface area is 110 Å². The molecule has 0 rings (SSSR count). The van der Waals surface area contributed by atoms with Crippen molar-refractivity contribution in [3.05, 3.63) is 0 Å². The third kappa shape index (κ3) is 10.2. The molecule has 0 unspecified atom stereocenters. The first-order chi connectivity index (χ1) is 7.95. The molecular weight excluding hydrogens is 234 g/mol. The summed E-state index contributed by atoms with van der Waals surface area (Å²) in [5.41, 5.74) is 5.50. The van der Waals surface area contributed by atoms with Gasteiger partial charge in [-0.25, -0.2) is 0 Å². The molecule has 0 aromatic rings. The van der Waals surface area contributed by atoms with Crippen LogP contribution in [0.15, 0.2) is 0 Å². The maximum absolute atomic E-state index is 11.7. The Bertz CT molecular complexity index is 244. The van der Waals surface area contributed by atoms with Gasteiger partial charge in [0, 0.05) is 13.1 Å². The summed E-state index contributed by atoms with van der Waals surface area (Å²) in [6, 6.07) is 0. The molecule has 0 saturated heterocycles. The first-order valence-electron chi connectivity index (χ1n) is 6.23. The van der Waals surface area contributed by atoms with Crippen molar-refractivity contribution < 1.29 is 4.79 Å². The van der Waals surface area contributed by atoms with Gasteiger partial charge in [0.2, 0.25) is 5.91 Å². The van der Waals surface area contributed by atoms with Crippen LogP contribution in [0.3, 0.4) is 0 Å². The monoisotopic (exact) mass is 259 g/mol. The molecule has 0 atom stereocenters. The average molecular weight is 259 g/mol. The maximum atomic E-state index is 11.7. The van der Waals surface area contributed by atoms with E-state index in [0.29, 0.717) is 24.0 Å². The van der Waals surface area contributed by atoms with Gasteiger partial charge in [-0.2, -0.15) is 0 Å². The lowest BCUT2D eigenvalue weighted by Gasteiger charge is -2.20. The first-order valence-corrected chi connectivity index (χ1v) is 6.63. The minimum Gasteiger partial charge on any atom is -0.392 e. The highest BCUT2D eigenvalue weighted by atomic mass is 32.1. The van der Waals surface area contributed by atoms with Gasteiger partial charge in [0.1, 0.15) is 0 Å². The molecule has 0 spiro atoms. The van der Waals surface area contributed by atoms with Crippen LogP contribution in [0, 0.1) is 5.92 Å². The maximum Gasteiger partial charge on any atom is 0.234 e. The van der Waals surface area contributed by atoms with E-state index in [9.17, 15) is 4.79 Å². The predicted octanol–water partition coefficient (Wildman–Crippen LogP) is 1.15. The number of hydrogen-bond acceptors (Lipinski definition) is 3. The zero-order valence-corrected chi connectivity index (χ0v) is 12.0. The van der Waals surface area contributed by atoms with E-state index >= 15 is 0 Å². The summed E-state index contributed by atoms with van der Waals surface area (Å²) < 4.78 is 0. The minimum absolute atomic E-state index is 0.0513. The molecule has 100 valence electrons. The zero-order chi connectivity index (χ0) is 13.3. The molecule has 5 heteroatoms. The number of nitrogens with one attached hydrogen (secondary N) is 1. The van der Waals surface area contributed by atoms with Crippen molar-refractivity contribution in [3.8, 4) is 0 Å². The second-order valence-electron chi connectivity index (χ2n) is 4.71. The summed E-state index contributed by atoms with van der Waals surface area (Å²) in [4.78, 5) is 14.1. The molecule has 0 aromatic heterocycles. The van der Waals surface area contributed by atoms with Crippen LogP contribution in [0.5, 0.6) is 0 Å². The number of carbonyl (C=O) groups is 1. The van der Waals surface area contributed by atoms with Crippen molar-refractivity contribution in [1.29, 1.82) is 0 Å². The molecule has 1 amide bonds. The Morgan fingerprint density at radius 1 is 1.41 bits per heavy atom. The number of thiocarbonyl (C=S) groups is 1. The molecule has 0 bridgehead atoms. The van der Waals surface area contributed by atoms with E-state index in [1.165, 1.54) is 0 Å². The van der Waals surface area contributed by atoms with Crippen LogP contribution in [0.4, 0.5) is 0 Å². The third-order valence-electron chi connectivity index (χ3n) is 2.33. The lowest BCUT2D eigenvalue weighted by atomic mass is 10.1. The topological polar surface area (TPSA) is 58.4 Å². The number of nitrogens with two attached hydrogens (primary N) is 1. The van der Waals surface area contributed by atoms with Crippen LogP contribution in [-0.4, -0.2) is 42.0 Å². The van der Waals surface area contributed by atoms with Gasteiger partial charge >= 0.3 is 0 Å². The molecular formula is C12H25N3OS. The highest BCUT2D eigenvalue weighted by Crippen LogP contribution is 1.96. The number of carbonyl (C=O) groups excluding carboxylic acids is 1. The Morgan fingerprint density at radius 3 is 2.53 bits per heavy atom. The van der Waals surface area contributed by atoms with E-state index in [1.807, 2.05) is 4.90 Å². The van der Waals surface area contributed by atoms with Gasteiger partial charge in [0.25, 0.3) is 0 Å². The summed E-state index contributed by atoms with van der Waals surface area (Å²) >= 11 is 4.86. The van der Waals surface area contributed by atoms with Crippen LogP contribution in [0.2, 0.25) is 0 Å². The fourth-order valence-corrected chi connectivity index (χ4v) is 1.69. The molecule has 0 heterocycles. The molecule has 0 radical (unpaired) electrons. The fourth-order valence-electron chi connectivity index (χ4n) is 1.51. The summed E-state index contributed by atoms with van der Waals surface area (Å²) in [5, 5.41) is 2.91. The van der Waals surface area contributed by atoms with Gasteiger partial charge in [-0.3, -0.25) is 9.69 Å². The van der Waals surface area contributed by atoms with Crippen molar-refractivity contribution in [3.63, 3.8) is 0 Å². The highest BCUT2D eigenvalue weighted by molar-refractivity contribution is 7.80. The minimum atomic E-state index is 0.0513. The van der Waals surface area contributed by atoms with Crippen molar-refractivity contribution in [2.75, 3.05) is 26.2 Å². The average Bonchev–Trinajstić information content (AvgIpc) is 2.15. The van der Waals surface area contributed by atoms with Gasteiger partial charge in [-0.05, 0) is 25.3 Å². The summed E-state index contributed by atoms with van der Waals surface area (Å²) in [6.07, 6.45) is 2.00. The quantitative estimate of drug-likeness (QED) is 0.610. The van der Waals surface area contributed by atoms with Gasteiger partial charge in [-0.1, -0.05) is 33.0 Å². The molecule has 0 aliphatic rings. The molecule has 0 aliphatic heterocycles. The van der Waals surface area contributed by atoms with Crippen molar-refractivity contribution in [1.82, 2.24) is 10.2 Å². The van der Waals surface area contributed by atoms with E-state index in [4.69, 9.17) is 18.0 Å². The van der Waals surface area contributed by atoms with E-state index in [0.717, 1.165) is 25.9 Å². The Balaban J connectivity index is 3.90. The molecule has 0 aromatic carbocycles. The van der Waals surface area contributed by atoms with Crippen LogP contribution in [0.25, 0.3) is 0 Å². The second-order valence-corrected chi connectivity index (χ2v) is 5.23. The number of amides is 1. The summed E-state index contributed by atoms with van der Waals surface area (Å²) in [6.45, 7) is 8.83. The lowest BCUT2D eigenvalue weighted by Crippen LogP contribution is -2.41. The van der Waals surface area contributed by atoms with E-state index in [1.54, 1.807) is 0 Å². The predicted molar refractivity (Wildman–Crippen MR) is 76.0 cm³/mol. The zero-order valence-electron chi connectivity index (χ0n) is 11.2. The van der Waals surface area contributed by atoms with Crippen molar-refractivity contribution in [2.24, 2.45) is 11.7 Å². The van der Waals surface area contributed by atoms with Gasteiger partial charge < -0.3 is 11.1 Å². The van der Waals surface area contributed by atoms with E-state index in [-0.39, 0.29) is 5.91 Å². The van der Waals surface area contributed by atoms with Crippen LogP contribution < -0.4 is 11.1 Å². The number of nitrogens with zero attached hydrogens (tertiary/aromatic N) is 1. The van der Waals surface area contributed by atoms with Crippen LogP contribution in [-0.2, 0) is 4.79 Å². The Morgan fingerprint density at radius 2 is 2.06 bits per heavy atom. The molecule has 0 fully saturated rings. The number of rotatable bonds is 9.